The van der Waals surface area contributed by atoms with Crippen LogP contribution in [0, 0.1) is 0 Å². The Hall–Kier alpha value is -3.06. The quantitative estimate of drug-likeness (QED) is 0.515. The first-order chi connectivity index (χ1) is 14.5. The lowest BCUT2D eigenvalue weighted by atomic mass is 10.1. The van der Waals surface area contributed by atoms with Crippen molar-refractivity contribution < 1.29 is 19.1 Å². The van der Waals surface area contributed by atoms with Crippen molar-refractivity contribution in [1.82, 2.24) is 4.98 Å². The number of nitrogens with zero attached hydrogens (tertiary/aromatic N) is 3. The second-order valence-electron chi connectivity index (χ2n) is 6.76. The van der Waals surface area contributed by atoms with Crippen LogP contribution in [0.25, 0.3) is 0 Å². The topological polar surface area (TPSA) is 88.9 Å². The van der Waals surface area contributed by atoms with Gasteiger partial charge in [-0.2, -0.15) is 0 Å². The van der Waals surface area contributed by atoms with E-state index in [9.17, 15) is 14.4 Å². The number of esters is 1. The molecule has 3 rings (SSSR count). The van der Waals surface area contributed by atoms with Crippen molar-refractivity contribution in [3.63, 3.8) is 0 Å². The highest BCUT2D eigenvalue weighted by atomic mass is 35.5. The SMILES string of the molecule is CCCC(=O)OC1N=C(c2ccccc2)c2nc(Cl)ccc2N(C(=O)CCC)C1=O. The fourth-order valence-electron chi connectivity index (χ4n) is 3.10. The summed E-state index contributed by atoms with van der Waals surface area (Å²) in [6, 6.07) is 12.1. The second kappa shape index (κ2) is 9.63. The molecule has 0 saturated carbocycles. The highest BCUT2D eigenvalue weighted by Gasteiger charge is 2.38. The van der Waals surface area contributed by atoms with Crippen molar-refractivity contribution in [2.24, 2.45) is 4.99 Å². The molecular formula is C22H22ClN3O4. The van der Waals surface area contributed by atoms with Gasteiger partial charge in [-0.1, -0.05) is 55.8 Å². The molecule has 1 aromatic heterocycles. The molecule has 8 heteroatoms. The summed E-state index contributed by atoms with van der Waals surface area (Å²) in [5.74, 6) is -1.71. The van der Waals surface area contributed by atoms with Crippen molar-refractivity contribution in [2.75, 3.05) is 4.90 Å². The fourth-order valence-corrected chi connectivity index (χ4v) is 3.25. The van der Waals surface area contributed by atoms with Gasteiger partial charge in [0.1, 0.15) is 10.8 Å². The molecule has 30 heavy (non-hydrogen) atoms. The molecule has 0 N–H and O–H groups in total. The van der Waals surface area contributed by atoms with Gasteiger partial charge < -0.3 is 4.74 Å². The fraction of sp³-hybridized carbons (Fsp3) is 0.318. The van der Waals surface area contributed by atoms with Crippen LogP contribution in [0.5, 0.6) is 0 Å². The number of anilines is 1. The number of rotatable bonds is 6. The van der Waals surface area contributed by atoms with E-state index in [1.807, 2.05) is 32.0 Å². The molecular weight excluding hydrogens is 406 g/mol. The second-order valence-corrected chi connectivity index (χ2v) is 7.14. The minimum Gasteiger partial charge on any atom is -0.430 e. The van der Waals surface area contributed by atoms with Gasteiger partial charge >= 0.3 is 5.97 Å². The molecule has 0 saturated heterocycles. The highest BCUT2D eigenvalue weighted by Crippen LogP contribution is 2.30. The van der Waals surface area contributed by atoms with Crippen LogP contribution in [-0.4, -0.2) is 34.7 Å². The van der Waals surface area contributed by atoms with Crippen LogP contribution in [0.3, 0.4) is 0 Å². The average Bonchev–Trinajstić information content (AvgIpc) is 2.84. The number of carbonyl (C=O) groups is 3. The van der Waals surface area contributed by atoms with Crippen LogP contribution in [-0.2, 0) is 19.1 Å². The molecule has 156 valence electrons. The lowest BCUT2D eigenvalue weighted by Crippen LogP contribution is -2.44. The van der Waals surface area contributed by atoms with E-state index in [2.05, 4.69) is 9.98 Å². The summed E-state index contributed by atoms with van der Waals surface area (Å²) in [5, 5.41) is 0.189. The van der Waals surface area contributed by atoms with Crippen molar-refractivity contribution in [3.8, 4) is 0 Å². The first kappa shape index (κ1) is 21.6. The van der Waals surface area contributed by atoms with Gasteiger partial charge in [-0.05, 0) is 25.0 Å². The first-order valence-electron chi connectivity index (χ1n) is 9.82. The maximum atomic E-state index is 13.3. The predicted molar refractivity (Wildman–Crippen MR) is 114 cm³/mol. The third kappa shape index (κ3) is 4.57. The van der Waals surface area contributed by atoms with Crippen LogP contribution in [0.2, 0.25) is 5.15 Å². The molecule has 0 bridgehead atoms. The molecule has 0 aliphatic carbocycles. The van der Waals surface area contributed by atoms with Crippen LogP contribution in [0.4, 0.5) is 5.69 Å². The van der Waals surface area contributed by atoms with Crippen LogP contribution in [0.15, 0.2) is 47.5 Å². The molecule has 1 atom stereocenters. The first-order valence-corrected chi connectivity index (χ1v) is 10.2. The Morgan fingerprint density at radius 3 is 2.43 bits per heavy atom. The number of imide groups is 1. The minimum atomic E-state index is -1.49. The highest BCUT2D eigenvalue weighted by molar-refractivity contribution is 6.31. The summed E-state index contributed by atoms with van der Waals surface area (Å²) >= 11 is 6.13. The van der Waals surface area contributed by atoms with Gasteiger partial charge in [-0.25, -0.2) is 14.9 Å². The molecule has 1 unspecified atom stereocenters. The minimum absolute atomic E-state index is 0.139. The van der Waals surface area contributed by atoms with Gasteiger partial charge in [0, 0.05) is 18.4 Å². The van der Waals surface area contributed by atoms with E-state index in [-0.39, 0.29) is 29.4 Å². The van der Waals surface area contributed by atoms with E-state index in [4.69, 9.17) is 16.3 Å². The van der Waals surface area contributed by atoms with E-state index in [0.717, 1.165) is 4.90 Å². The number of fused-ring (bicyclic) bond motifs is 1. The number of halogens is 1. The number of hydrogen-bond acceptors (Lipinski definition) is 6. The summed E-state index contributed by atoms with van der Waals surface area (Å²) < 4.78 is 5.37. The van der Waals surface area contributed by atoms with Gasteiger partial charge in [-0.15, -0.1) is 0 Å². The maximum Gasteiger partial charge on any atom is 0.308 e. The van der Waals surface area contributed by atoms with E-state index < -0.39 is 24.0 Å². The third-order valence-electron chi connectivity index (χ3n) is 4.44. The molecule has 2 heterocycles. The Labute approximate surface area is 179 Å². The molecule has 2 aromatic rings. The smallest absolute Gasteiger partial charge is 0.308 e. The van der Waals surface area contributed by atoms with Gasteiger partial charge in [0.05, 0.1) is 11.4 Å². The Kier molecular flexibility index (Phi) is 6.95. The van der Waals surface area contributed by atoms with E-state index in [1.165, 1.54) is 6.07 Å². The Morgan fingerprint density at radius 2 is 1.77 bits per heavy atom. The lowest BCUT2D eigenvalue weighted by Gasteiger charge is -2.22. The van der Waals surface area contributed by atoms with E-state index in [1.54, 1.807) is 18.2 Å². The Bertz CT molecular complexity index is 991. The summed E-state index contributed by atoms with van der Waals surface area (Å²) in [7, 11) is 0. The maximum absolute atomic E-state index is 13.3. The molecule has 0 spiro atoms. The zero-order valence-electron chi connectivity index (χ0n) is 16.8. The zero-order chi connectivity index (χ0) is 21.7. The lowest BCUT2D eigenvalue weighted by molar-refractivity contribution is -0.155. The molecule has 1 aromatic carbocycles. The predicted octanol–water partition coefficient (Wildman–Crippen LogP) is 3.92. The number of carbonyl (C=O) groups excluding carboxylic acids is 3. The number of hydrogen-bond donors (Lipinski definition) is 0. The Balaban J connectivity index is 2.21. The molecule has 0 radical (unpaired) electrons. The van der Waals surface area contributed by atoms with Gasteiger partial charge in [0.2, 0.25) is 5.91 Å². The van der Waals surface area contributed by atoms with Crippen molar-refractivity contribution in [1.29, 1.82) is 0 Å². The number of amides is 2. The number of benzene rings is 1. The molecule has 2 amide bonds. The van der Waals surface area contributed by atoms with Crippen molar-refractivity contribution in [2.45, 2.75) is 45.8 Å². The molecule has 0 fully saturated rings. The summed E-state index contributed by atoms with van der Waals surface area (Å²) in [4.78, 5) is 48.1. The van der Waals surface area contributed by atoms with Gasteiger partial charge in [0.25, 0.3) is 12.1 Å². The Morgan fingerprint density at radius 1 is 1.07 bits per heavy atom. The van der Waals surface area contributed by atoms with E-state index in [0.29, 0.717) is 24.1 Å². The summed E-state index contributed by atoms with van der Waals surface area (Å²) in [6.07, 6.45) is -0.103. The number of pyridine rings is 1. The normalized spacial score (nSPS) is 15.8. The van der Waals surface area contributed by atoms with Gasteiger partial charge in [0.15, 0.2) is 0 Å². The van der Waals surface area contributed by atoms with Crippen molar-refractivity contribution >= 4 is 40.8 Å². The van der Waals surface area contributed by atoms with Crippen LogP contribution >= 0.6 is 11.6 Å². The molecule has 7 nitrogen and oxygen atoms in total. The standard InChI is InChI=1S/C22H22ClN3O4/c1-3-8-17(27)26-15-12-13-16(23)24-20(15)19(14-10-6-5-7-11-14)25-21(22(26)29)30-18(28)9-4-2/h5-7,10-13,21H,3-4,8-9H2,1-2H3. The zero-order valence-corrected chi connectivity index (χ0v) is 17.6. The number of aromatic nitrogens is 1. The molecule has 1 aliphatic heterocycles. The van der Waals surface area contributed by atoms with Crippen LogP contribution < -0.4 is 4.90 Å². The summed E-state index contributed by atoms with van der Waals surface area (Å²) in [5.41, 5.74) is 1.52. The van der Waals surface area contributed by atoms with Gasteiger partial charge in [-0.3, -0.25) is 14.4 Å². The number of ether oxygens (including phenoxy) is 1. The van der Waals surface area contributed by atoms with E-state index >= 15 is 0 Å². The van der Waals surface area contributed by atoms with Crippen molar-refractivity contribution in [3.05, 3.63) is 58.9 Å². The summed E-state index contributed by atoms with van der Waals surface area (Å²) in [6.45, 7) is 3.67. The largest absolute Gasteiger partial charge is 0.430 e. The molecule has 1 aliphatic rings. The monoisotopic (exact) mass is 427 g/mol. The third-order valence-corrected chi connectivity index (χ3v) is 4.65. The average molecular weight is 428 g/mol. The number of aliphatic imine (C=N–C) groups is 1. The van der Waals surface area contributed by atoms with Crippen LogP contribution in [0.1, 0.15) is 50.8 Å².